The van der Waals surface area contributed by atoms with Gasteiger partial charge in [-0.1, -0.05) is 18.2 Å². The number of benzene rings is 1. The lowest BCUT2D eigenvalue weighted by Crippen LogP contribution is -2.59. The highest BCUT2D eigenvalue weighted by Crippen LogP contribution is 2.31. The number of nitrogens with zero attached hydrogens (tertiary/aromatic N) is 1. The molecule has 0 aliphatic carbocycles. The predicted octanol–water partition coefficient (Wildman–Crippen LogP) is 2.73. The van der Waals surface area contributed by atoms with E-state index < -0.39 is 17.7 Å². The molecule has 2 N–H and O–H groups in total. The van der Waals surface area contributed by atoms with Gasteiger partial charge in [0.2, 0.25) is 5.54 Å². The standard InChI is InChI=1S/C14H13F3N2O2/c1-13(12(20)21,14(15,16)17)19-8-9-6-7-18-11-5-3-2-4-10(9)11/h2-7,19H,8H2,1H3,(H,20,21). The van der Waals surface area contributed by atoms with Gasteiger partial charge in [-0.25, -0.2) is 4.79 Å². The third-order valence-electron chi connectivity index (χ3n) is 3.37. The van der Waals surface area contributed by atoms with E-state index in [1.54, 1.807) is 30.3 Å². The molecule has 0 saturated carbocycles. The Morgan fingerprint density at radius 1 is 1.29 bits per heavy atom. The summed E-state index contributed by atoms with van der Waals surface area (Å²) in [6, 6.07) is 8.54. The van der Waals surface area contributed by atoms with Gasteiger partial charge in [-0.05, 0) is 24.6 Å². The quantitative estimate of drug-likeness (QED) is 0.911. The topological polar surface area (TPSA) is 62.2 Å². The molecule has 1 aromatic carbocycles. The summed E-state index contributed by atoms with van der Waals surface area (Å²) in [5, 5.41) is 11.6. The fourth-order valence-corrected chi connectivity index (χ4v) is 1.88. The Bertz CT molecular complexity index is 667. The Morgan fingerprint density at radius 3 is 2.57 bits per heavy atom. The first-order valence-corrected chi connectivity index (χ1v) is 6.13. The molecule has 1 atom stereocenters. The van der Waals surface area contributed by atoms with E-state index in [1.807, 2.05) is 0 Å². The number of carboxylic acids is 1. The molecule has 112 valence electrons. The first kappa shape index (κ1) is 15.2. The van der Waals surface area contributed by atoms with Gasteiger partial charge in [-0.15, -0.1) is 0 Å². The van der Waals surface area contributed by atoms with Crippen molar-refractivity contribution in [3.8, 4) is 0 Å². The number of aromatic nitrogens is 1. The van der Waals surface area contributed by atoms with Crippen molar-refractivity contribution in [2.24, 2.45) is 0 Å². The highest BCUT2D eigenvalue weighted by molar-refractivity contribution is 5.82. The second-order valence-corrected chi connectivity index (χ2v) is 4.77. The molecule has 0 amide bonds. The number of aliphatic carboxylic acids is 1. The average molecular weight is 298 g/mol. The number of alkyl halides is 3. The van der Waals surface area contributed by atoms with Crippen LogP contribution in [0.15, 0.2) is 36.5 Å². The van der Waals surface area contributed by atoms with E-state index in [1.165, 1.54) is 6.20 Å². The minimum Gasteiger partial charge on any atom is -0.480 e. The first-order valence-electron chi connectivity index (χ1n) is 6.13. The lowest BCUT2D eigenvalue weighted by molar-refractivity contribution is -0.206. The molecule has 7 heteroatoms. The van der Waals surface area contributed by atoms with Crippen LogP contribution in [0.2, 0.25) is 0 Å². The van der Waals surface area contributed by atoms with Gasteiger partial charge < -0.3 is 5.11 Å². The van der Waals surface area contributed by atoms with E-state index in [-0.39, 0.29) is 6.54 Å². The van der Waals surface area contributed by atoms with Crippen molar-refractivity contribution >= 4 is 16.9 Å². The summed E-state index contributed by atoms with van der Waals surface area (Å²) in [4.78, 5) is 15.1. The number of carboxylic acid groups (broad SMARTS) is 1. The summed E-state index contributed by atoms with van der Waals surface area (Å²) in [5.41, 5.74) is -1.81. The SMILES string of the molecule is CC(NCc1ccnc2ccccc12)(C(=O)O)C(F)(F)F. The van der Waals surface area contributed by atoms with Crippen molar-refractivity contribution in [1.82, 2.24) is 10.3 Å². The zero-order valence-electron chi connectivity index (χ0n) is 11.1. The van der Waals surface area contributed by atoms with Crippen LogP contribution in [-0.2, 0) is 11.3 Å². The number of hydrogen-bond donors (Lipinski definition) is 2. The Labute approximate surface area is 118 Å². The van der Waals surface area contributed by atoms with Crippen LogP contribution in [-0.4, -0.2) is 27.8 Å². The molecular formula is C14H13F3N2O2. The van der Waals surface area contributed by atoms with E-state index in [0.29, 0.717) is 23.4 Å². The van der Waals surface area contributed by atoms with Gasteiger partial charge in [0.25, 0.3) is 0 Å². The number of pyridine rings is 1. The van der Waals surface area contributed by atoms with E-state index in [9.17, 15) is 18.0 Å². The second kappa shape index (κ2) is 5.33. The number of halogens is 3. The van der Waals surface area contributed by atoms with Gasteiger partial charge in [0.15, 0.2) is 0 Å². The summed E-state index contributed by atoms with van der Waals surface area (Å²) < 4.78 is 38.7. The van der Waals surface area contributed by atoms with Crippen LogP contribution in [0.1, 0.15) is 12.5 Å². The molecule has 1 heterocycles. The molecule has 0 aliphatic heterocycles. The molecule has 1 unspecified atom stereocenters. The lowest BCUT2D eigenvalue weighted by Gasteiger charge is -2.28. The van der Waals surface area contributed by atoms with E-state index in [2.05, 4.69) is 10.3 Å². The molecule has 0 saturated heterocycles. The Morgan fingerprint density at radius 2 is 1.95 bits per heavy atom. The summed E-state index contributed by atoms with van der Waals surface area (Å²) in [5.74, 6) is -1.96. The fourth-order valence-electron chi connectivity index (χ4n) is 1.88. The maximum Gasteiger partial charge on any atom is 0.417 e. The van der Waals surface area contributed by atoms with Crippen LogP contribution >= 0.6 is 0 Å². The second-order valence-electron chi connectivity index (χ2n) is 4.77. The van der Waals surface area contributed by atoms with Gasteiger partial charge in [0, 0.05) is 18.1 Å². The number of hydrogen-bond acceptors (Lipinski definition) is 3. The Hall–Kier alpha value is -2.15. The first-order chi connectivity index (χ1) is 9.75. The molecule has 0 bridgehead atoms. The van der Waals surface area contributed by atoms with Crippen LogP contribution in [0.25, 0.3) is 10.9 Å². The average Bonchev–Trinajstić information content (AvgIpc) is 2.43. The van der Waals surface area contributed by atoms with Crippen molar-refractivity contribution < 1.29 is 23.1 Å². The zero-order valence-corrected chi connectivity index (χ0v) is 11.1. The van der Waals surface area contributed by atoms with Crippen molar-refractivity contribution in [2.45, 2.75) is 25.2 Å². The maximum atomic E-state index is 12.9. The zero-order chi connectivity index (χ0) is 15.7. The Balaban J connectivity index is 2.31. The van der Waals surface area contributed by atoms with Crippen molar-refractivity contribution in [2.75, 3.05) is 0 Å². The molecule has 0 radical (unpaired) electrons. The molecule has 0 fully saturated rings. The van der Waals surface area contributed by atoms with E-state index >= 15 is 0 Å². The predicted molar refractivity (Wildman–Crippen MR) is 70.7 cm³/mol. The van der Waals surface area contributed by atoms with Crippen LogP contribution in [0.3, 0.4) is 0 Å². The van der Waals surface area contributed by atoms with Crippen molar-refractivity contribution in [1.29, 1.82) is 0 Å². The molecule has 2 aromatic rings. The number of para-hydroxylation sites is 1. The maximum absolute atomic E-state index is 12.9. The van der Waals surface area contributed by atoms with Crippen LogP contribution in [0.4, 0.5) is 13.2 Å². The van der Waals surface area contributed by atoms with Crippen LogP contribution < -0.4 is 5.32 Å². The summed E-state index contributed by atoms with van der Waals surface area (Å²) in [7, 11) is 0. The monoisotopic (exact) mass is 298 g/mol. The molecule has 2 rings (SSSR count). The van der Waals surface area contributed by atoms with E-state index in [0.717, 1.165) is 0 Å². The summed E-state index contributed by atoms with van der Waals surface area (Å²) >= 11 is 0. The fraction of sp³-hybridized carbons (Fsp3) is 0.286. The third-order valence-corrected chi connectivity index (χ3v) is 3.37. The van der Waals surface area contributed by atoms with Crippen molar-refractivity contribution in [3.63, 3.8) is 0 Å². The number of nitrogens with one attached hydrogen (secondary N) is 1. The normalized spacial score (nSPS) is 14.9. The molecule has 0 aliphatic rings. The molecule has 0 spiro atoms. The minimum absolute atomic E-state index is 0.231. The van der Waals surface area contributed by atoms with Gasteiger partial charge in [0.1, 0.15) is 0 Å². The Kier molecular flexibility index (Phi) is 3.87. The largest absolute Gasteiger partial charge is 0.480 e. The highest BCUT2D eigenvalue weighted by Gasteiger charge is 2.57. The van der Waals surface area contributed by atoms with Gasteiger partial charge in [-0.2, -0.15) is 13.2 Å². The molecular weight excluding hydrogens is 285 g/mol. The summed E-state index contributed by atoms with van der Waals surface area (Å²) in [6.45, 7) is 0.379. The third kappa shape index (κ3) is 2.82. The van der Waals surface area contributed by atoms with Crippen molar-refractivity contribution in [3.05, 3.63) is 42.1 Å². The smallest absolute Gasteiger partial charge is 0.417 e. The van der Waals surface area contributed by atoms with Crippen LogP contribution in [0, 0.1) is 0 Å². The molecule has 1 aromatic heterocycles. The number of carbonyl (C=O) groups is 1. The molecule has 21 heavy (non-hydrogen) atoms. The van der Waals surface area contributed by atoms with E-state index in [4.69, 9.17) is 5.11 Å². The molecule has 4 nitrogen and oxygen atoms in total. The summed E-state index contributed by atoms with van der Waals surface area (Å²) in [6.07, 6.45) is -3.42. The lowest BCUT2D eigenvalue weighted by atomic mass is 10.0. The van der Waals surface area contributed by atoms with Gasteiger partial charge in [-0.3, -0.25) is 10.3 Å². The van der Waals surface area contributed by atoms with Crippen LogP contribution in [0.5, 0.6) is 0 Å². The van der Waals surface area contributed by atoms with Gasteiger partial charge in [0.05, 0.1) is 5.52 Å². The number of rotatable bonds is 4. The minimum atomic E-state index is -4.90. The van der Waals surface area contributed by atoms with Gasteiger partial charge >= 0.3 is 12.1 Å². The number of fused-ring (bicyclic) bond motifs is 1. The highest BCUT2D eigenvalue weighted by atomic mass is 19.4.